The van der Waals surface area contributed by atoms with Crippen molar-refractivity contribution in [1.82, 2.24) is 20.3 Å². The van der Waals surface area contributed by atoms with Crippen molar-refractivity contribution in [3.8, 4) is 0 Å². The van der Waals surface area contributed by atoms with Gasteiger partial charge in [-0.15, -0.1) is 0 Å². The van der Waals surface area contributed by atoms with Gasteiger partial charge in [-0.1, -0.05) is 49.4 Å². The van der Waals surface area contributed by atoms with Crippen LogP contribution in [0.4, 0.5) is 4.79 Å². The highest BCUT2D eigenvalue weighted by Crippen LogP contribution is 2.18. The second-order valence-electron chi connectivity index (χ2n) is 9.15. The van der Waals surface area contributed by atoms with Crippen LogP contribution in [-0.2, 0) is 33.9 Å². The van der Waals surface area contributed by atoms with Crippen LogP contribution in [0.15, 0.2) is 54.6 Å². The summed E-state index contributed by atoms with van der Waals surface area (Å²) in [6, 6.07) is 16.6. The van der Waals surface area contributed by atoms with Crippen LogP contribution < -0.4 is 10.8 Å². The van der Waals surface area contributed by atoms with E-state index >= 15 is 0 Å². The number of benzene rings is 2. The molecule has 8 heteroatoms. The smallest absolute Gasteiger partial charge is 0.408 e. The molecule has 2 amide bonds. The minimum atomic E-state index is -0.847. The molecule has 1 unspecified atom stereocenters. The van der Waals surface area contributed by atoms with Gasteiger partial charge < -0.3 is 14.6 Å². The van der Waals surface area contributed by atoms with Crippen molar-refractivity contribution in [2.75, 3.05) is 0 Å². The summed E-state index contributed by atoms with van der Waals surface area (Å²) in [5.41, 5.74) is 4.69. The molecule has 0 aliphatic heterocycles. The first kappa shape index (κ1) is 25.2. The first-order chi connectivity index (χ1) is 16.3. The summed E-state index contributed by atoms with van der Waals surface area (Å²) < 4.78 is 7.53. The highest BCUT2D eigenvalue weighted by atomic mass is 16.7. The maximum atomic E-state index is 12.9. The third-order valence-electron chi connectivity index (χ3n) is 5.10. The maximum absolute atomic E-state index is 12.9. The number of hydroxylamine groups is 1. The molecule has 0 saturated heterocycles. The van der Waals surface area contributed by atoms with Crippen molar-refractivity contribution in [2.45, 2.75) is 71.8 Å². The molecule has 0 bridgehead atoms. The minimum absolute atomic E-state index is 0.220. The summed E-state index contributed by atoms with van der Waals surface area (Å²) in [6.07, 6.45) is 1.15. The molecule has 1 heterocycles. The predicted molar refractivity (Wildman–Crippen MR) is 131 cm³/mol. The first-order valence-electron chi connectivity index (χ1n) is 11.7. The van der Waals surface area contributed by atoms with Crippen LogP contribution in [0.5, 0.6) is 0 Å². The normalized spacial score (nSPS) is 12.4. The number of alkyl carbamates (subject to hydrolysis) is 1. The third-order valence-corrected chi connectivity index (χ3v) is 5.10. The third kappa shape index (κ3) is 7.31. The fourth-order valence-corrected chi connectivity index (χ4v) is 3.62. The van der Waals surface area contributed by atoms with Gasteiger partial charge in [0.05, 0.1) is 17.6 Å². The van der Waals surface area contributed by atoms with Crippen molar-refractivity contribution in [3.63, 3.8) is 0 Å². The highest BCUT2D eigenvalue weighted by Gasteiger charge is 2.25. The average Bonchev–Trinajstić information content (AvgIpc) is 3.14. The topological polar surface area (TPSA) is 94.5 Å². The Bertz CT molecular complexity index is 1090. The van der Waals surface area contributed by atoms with E-state index in [0.717, 1.165) is 35.4 Å². The Morgan fingerprint density at radius 3 is 2.47 bits per heavy atom. The number of rotatable bonds is 10. The van der Waals surface area contributed by atoms with Gasteiger partial charge in [0.15, 0.2) is 0 Å². The molecular formula is C26H34N4O4. The lowest BCUT2D eigenvalue weighted by Gasteiger charge is -2.23. The zero-order valence-electron chi connectivity index (χ0n) is 20.3. The monoisotopic (exact) mass is 466 g/mol. The molecular weight excluding hydrogens is 432 g/mol. The molecule has 8 nitrogen and oxygen atoms in total. The summed E-state index contributed by atoms with van der Waals surface area (Å²) >= 11 is 0. The summed E-state index contributed by atoms with van der Waals surface area (Å²) in [6.45, 7) is 8.49. The van der Waals surface area contributed by atoms with Crippen LogP contribution >= 0.6 is 0 Å². The Kier molecular flexibility index (Phi) is 8.65. The first-order valence-corrected chi connectivity index (χ1v) is 11.7. The zero-order valence-corrected chi connectivity index (χ0v) is 20.3. The number of amides is 2. The number of hydrogen-bond acceptors (Lipinski definition) is 5. The molecule has 3 aromatic rings. The van der Waals surface area contributed by atoms with Crippen molar-refractivity contribution < 1.29 is 19.2 Å². The van der Waals surface area contributed by atoms with Crippen molar-refractivity contribution in [1.29, 1.82) is 0 Å². The van der Waals surface area contributed by atoms with Gasteiger partial charge in [-0.05, 0) is 51.3 Å². The molecule has 3 rings (SSSR count). The lowest BCUT2D eigenvalue weighted by Crippen LogP contribution is -2.48. The molecule has 2 N–H and O–H groups in total. The molecule has 2 aromatic carbocycles. The molecule has 0 aliphatic carbocycles. The molecule has 182 valence electrons. The fraction of sp³-hybridized carbons (Fsp3) is 0.423. The Morgan fingerprint density at radius 2 is 1.76 bits per heavy atom. The predicted octanol–water partition coefficient (Wildman–Crippen LogP) is 4.52. The van der Waals surface area contributed by atoms with Gasteiger partial charge in [0.25, 0.3) is 5.91 Å². The van der Waals surface area contributed by atoms with Crippen LogP contribution in [0.1, 0.15) is 51.9 Å². The van der Waals surface area contributed by atoms with Crippen LogP contribution in [0.25, 0.3) is 11.0 Å². The number of nitrogens with one attached hydrogen (secondary N) is 2. The van der Waals surface area contributed by atoms with Crippen molar-refractivity contribution in [3.05, 3.63) is 66.0 Å². The Morgan fingerprint density at radius 1 is 1.06 bits per heavy atom. The number of carbonyl (C=O) groups is 2. The Balaban J connectivity index is 1.70. The van der Waals surface area contributed by atoms with E-state index < -0.39 is 23.6 Å². The SMILES string of the molecule is CCCn1c(CCC(NC(=O)OC(C)(C)C)C(=O)NOCc2ccccc2)nc2ccccc21. The van der Waals surface area contributed by atoms with Crippen LogP contribution in [0.3, 0.4) is 0 Å². The largest absolute Gasteiger partial charge is 0.444 e. The number of carbonyl (C=O) groups excluding carboxylic acids is 2. The average molecular weight is 467 g/mol. The number of aromatic nitrogens is 2. The molecule has 1 aromatic heterocycles. The molecule has 1 atom stereocenters. The standard InChI is InChI=1S/C26H34N4O4/c1-5-17-30-22-14-10-9-13-20(22)27-23(30)16-15-21(28-25(32)34-26(2,3)4)24(31)29-33-18-19-11-7-6-8-12-19/h6-14,21H,5,15-18H2,1-4H3,(H,28,32)(H,29,31). The van der Waals surface area contributed by atoms with Crippen molar-refractivity contribution in [2.24, 2.45) is 0 Å². The molecule has 34 heavy (non-hydrogen) atoms. The van der Waals surface area contributed by atoms with E-state index in [1.165, 1.54) is 0 Å². The van der Waals surface area contributed by atoms with E-state index in [-0.39, 0.29) is 6.61 Å². The fourth-order valence-electron chi connectivity index (χ4n) is 3.62. The lowest BCUT2D eigenvalue weighted by atomic mass is 10.1. The van der Waals surface area contributed by atoms with E-state index in [2.05, 4.69) is 22.3 Å². The molecule has 0 spiro atoms. The highest BCUT2D eigenvalue weighted by molar-refractivity contribution is 5.85. The summed E-state index contributed by atoms with van der Waals surface area (Å²) in [5, 5.41) is 2.69. The number of para-hydroxylation sites is 2. The number of aryl methyl sites for hydroxylation is 2. The van der Waals surface area contributed by atoms with E-state index in [1.807, 2.05) is 54.6 Å². The van der Waals surface area contributed by atoms with Gasteiger partial charge in [0, 0.05) is 13.0 Å². The number of ether oxygens (including phenoxy) is 1. The Hall–Kier alpha value is -3.39. The summed E-state index contributed by atoms with van der Waals surface area (Å²) in [7, 11) is 0. The second kappa shape index (κ2) is 11.7. The number of fused-ring (bicyclic) bond motifs is 1. The molecule has 0 saturated carbocycles. The zero-order chi connectivity index (χ0) is 24.6. The van der Waals surface area contributed by atoms with E-state index in [1.54, 1.807) is 20.8 Å². The summed E-state index contributed by atoms with van der Waals surface area (Å²) in [4.78, 5) is 35.5. The number of imidazole rings is 1. The van der Waals surface area contributed by atoms with E-state index in [4.69, 9.17) is 14.6 Å². The van der Waals surface area contributed by atoms with Crippen LogP contribution in [0, 0.1) is 0 Å². The van der Waals surface area contributed by atoms with Gasteiger partial charge in [-0.2, -0.15) is 0 Å². The summed E-state index contributed by atoms with van der Waals surface area (Å²) in [5.74, 6) is 0.428. The van der Waals surface area contributed by atoms with Gasteiger partial charge in [0.1, 0.15) is 17.5 Å². The van der Waals surface area contributed by atoms with Gasteiger partial charge in [-0.3, -0.25) is 9.63 Å². The number of hydrogen-bond donors (Lipinski definition) is 2. The number of nitrogens with zero attached hydrogens (tertiary/aromatic N) is 2. The lowest BCUT2D eigenvalue weighted by molar-refractivity contribution is -0.137. The maximum Gasteiger partial charge on any atom is 0.408 e. The van der Waals surface area contributed by atoms with Crippen LogP contribution in [0.2, 0.25) is 0 Å². The molecule has 0 fully saturated rings. The Labute approximate surface area is 200 Å². The quantitative estimate of drug-likeness (QED) is 0.429. The minimum Gasteiger partial charge on any atom is -0.444 e. The van der Waals surface area contributed by atoms with Crippen molar-refractivity contribution >= 4 is 23.0 Å². The molecule has 0 aliphatic rings. The van der Waals surface area contributed by atoms with Crippen LogP contribution in [-0.4, -0.2) is 33.2 Å². The van der Waals surface area contributed by atoms with Gasteiger partial charge >= 0.3 is 6.09 Å². The molecule has 0 radical (unpaired) electrons. The van der Waals surface area contributed by atoms with Gasteiger partial charge in [0.2, 0.25) is 0 Å². The van der Waals surface area contributed by atoms with E-state index in [9.17, 15) is 9.59 Å². The second-order valence-corrected chi connectivity index (χ2v) is 9.15. The van der Waals surface area contributed by atoms with Gasteiger partial charge in [-0.25, -0.2) is 15.3 Å². The van der Waals surface area contributed by atoms with E-state index in [0.29, 0.717) is 12.8 Å².